The quantitative estimate of drug-likeness (QED) is 0.885. The van der Waals surface area contributed by atoms with Gasteiger partial charge in [0.1, 0.15) is 0 Å². The number of aromatic nitrogens is 2. The molecular formula is C12H12ClN3. The second-order valence-electron chi connectivity index (χ2n) is 3.45. The van der Waals surface area contributed by atoms with Gasteiger partial charge in [-0.05, 0) is 36.4 Å². The number of nitrogens with zero attached hydrogens (tertiary/aromatic N) is 2. The molecule has 4 heteroatoms. The molecule has 16 heavy (non-hydrogen) atoms. The Morgan fingerprint density at radius 1 is 1.06 bits per heavy atom. The number of nitrogens with one attached hydrogen (secondary N) is 1. The normalized spacial score (nSPS) is 12.4. The fourth-order valence-corrected chi connectivity index (χ4v) is 1.78. The van der Waals surface area contributed by atoms with Crippen LogP contribution in [0.3, 0.4) is 0 Å². The maximum absolute atomic E-state index is 5.86. The lowest BCUT2D eigenvalue weighted by atomic mass is 10.0. The largest absolute Gasteiger partial charge is 0.309 e. The van der Waals surface area contributed by atoms with Crippen LogP contribution in [0.25, 0.3) is 0 Å². The van der Waals surface area contributed by atoms with E-state index in [9.17, 15) is 0 Å². The zero-order valence-corrected chi connectivity index (χ0v) is 9.65. The van der Waals surface area contributed by atoms with Gasteiger partial charge in [-0.2, -0.15) is 10.2 Å². The van der Waals surface area contributed by atoms with E-state index in [-0.39, 0.29) is 6.04 Å². The second-order valence-corrected chi connectivity index (χ2v) is 3.89. The van der Waals surface area contributed by atoms with Crippen molar-refractivity contribution in [3.63, 3.8) is 0 Å². The molecule has 0 amide bonds. The van der Waals surface area contributed by atoms with Crippen LogP contribution >= 0.6 is 11.6 Å². The van der Waals surface area contributed by atoms with Crippen LogP contribution in [-0.2, 0) is 0 Å². The molecule has 0 spiro atoms. The average molecular weight is 234 g/mol. The molecular weight excluding hydrogens is 222 g/mol. The molecule has 0 aliphatic rings. The first kappa shape index (κ1) is 11.0. The minimum absolute atomic E-state index is 0.118. The van der Waals surface area contributed by atoms with Crippen molar-refractivity contribution in [3.05, 3.63) is 58.9 Å². The Balaban J connectivity index is 2.33. The lowest BCUT2D eigenvalue weighted by molar-refractivity contribution is 0.685. The van der Waals surface area contributed by atoms with E-state index in [0.717, 1.165) is 16.1 Å². The third-order valence-electron chi connectivity index (χ3n) is 2.43. The summed E-state index contributed by atoms with van der Waals surface area (Å²) >= 11 is 5.86. The monoisotopic (exact) mass is 233 g/mol. The van der Waals surface area contributed by atoms with E-state index in [2.05, 4.69) is 15.5 Å². The minimum Gasteiger partial charge on any atom is -0.309 e. The third-order valence-corrected chi connectivity index (χ3v) is 2.68. The summed E-state index contributed by atoms with van der Waals surface area (Å²) in [5.41, 5.74) is 2.24. The molecule has 0 saturated carbocycles. The van der Waals surface area contributed by atoms with E-state index >= 15 is 0 Å². The molecule has 0 fully saturated rings. The molecule has 0 radical (unpaired) electrons. The predicted molar refractivity (Wildman–Crippen MR) is 64.4 cm³/mol. The van der Waals surface area contributed by atoms with Gasteiger partial charge in [0.05, 0.1) is 12.2 Å². The lowest BCUT2D eigenvalue weighted by Crippen LogP contribution is -2.17. The van der Waals surface area contributed by atoms with Gasteiger partial charge in [0.2, 0.25) is 0 Å². The van der Waals surface area contributed by atoms with Crippen molar-refractivity contribution in [2.45, 2.75) is 6.04 Å². The first-order valence-electron chi connectivity index (χ1n) is 5.00. The fourth-order valence-electron chi connectivity index (χ4n) is 1.65. The Labute approximate surface area is 99.5 Å². The van der Waals surface area contributed by atoms with Crippen molar-refractivity contribution in [1.82, 2.24) is 15.5 Å². The maximum Gasteiger partial charge on any atom is 0.0590 e. The first-order valence-corrected chi connectivity index (χ1v) is 5.38. The average Bonchev–Trinajstić information content (AvgIpc) is 2.34. The Hall–Kier alpha value is -1.45. The van der Waals surface area contributed by atoms with Crippen LogP contribution in [0.1, 0.15) is 17.2 Å². The molecule has 0 aliphatic carbocycles. The van der Waals surface area contributed by atoms with E-state index in [1.807, 2.05) is 37.4 Å². The van der Waals surface area contributed by atoms with Crippen LogP contribution in [0, 0.1) is 0 Å². The van der Waals surface area contributed by atoms with Gasteiger partial charge in [-0.1, -0.05) is 23.7 Å². The van der Waals surface area contributed by atoms with E-state index < -0.39 is 0 Å². The summed E-state index contributed by atoms with van der Waals surface area (Å²) in [7, 11) is 1.92. The molecule has 2 rings (SSSR count). The van der Waals surface area contributed by atoms with Crippen molar-refractivity contribution < 1.29 is 0 Å². The second kappa shape index (κ2) is 5.05. The van der Waals surface area contributed by atoms with E-state index in [1.54, 1.807) is 12.4 Å². The van der Waals surface area contributed by atoms with Crippen molar-refractivity contribution in [2.24, 2.45) is 0 Å². The molecule has 0 bridgehead atoms. The first-order chi connectivity index (χ1) is 7.81. The number of hydrogen-bond donors (Lipinski definition) is 1. The summed E-state index contributed by atoms with van der Waals surface area (Å²) in [4.78, 5) is 0. The van der Waals surface area contributed by atoms with E-state index in [0.29, 0.717) is 0 Å². The fraction of sp³-hybridized carbons (Fsp3) is 0.167. The van der Waals surface area contributed by atoms with Crippen molar-refractivity contribution >= 4 is 11.6 Å². The topological polar surface area (TPSA) is 37.8 Å². The maximum atomic E-state index is 5.86. The van der Waals surface area contributed by atoms with Crippen molar-refractivity contribution in [1.29, 1.82) is 0 Å². The van der Waals surface area contributed by atoms with Gasteiger partial charge < -0.3 is 5.32 Å². The Kier molecular flexibility index (Phi) is 3.49. The summed E-state index contributed by atoms with van der Waals surface area (Å²) in [6.07, 6.45) is 3.45. The van der Waals surface area contributed by atoms with Crippen LogP contribution in [0.15, 0.2) is 42.7 Å². The van der Waals surface area contributed by atoms with Gasteiger partial charge in [0, 0.05) is 11.2 Å². The van der Waals surface area contributed by atoms with Crippen molar-refractivity contribution in [3.8, 4) is 0 Å². The summed E-state index contributed by atoms with van der Waals surface area (Å²) < 4.78 is 0. The zero-order valence-electron chi connectivity index (χ0n) is 8.89. The molecule has 1 aromatic carbocycles. The third kappa shape index (κ3) is 2.38. The number of rotatable bonds is 3. The summed E-state index contributed by atoms with van der Waals surface area (Å²) in [5.74, 6) is 0. The van der Waals surface area contributed by atoms with Gasteiger partial charge in [-0.25, -0.2) is 0 Å². The zero-order chi connectivity index (χ0) is 11.4. The lowest BCUT2D eigenvalue weighted by Gasteiger charge is -2.16. The molecule has 1 N–H and O–H groups in total. The smallest absolute Gasteiger partial charge is 0.0590 e. The molecule has 1 heterocycles. The molecule has 82 valence electrons. The highest BCUT2D eigenvalue weighted by Gasteiger charge is 2.11. The molecule has 0 saturated heterocycles. The number of benzene rings is 1. The van der Waals surface area contributed by atoms with Crippen LogP contribution in [0.5, 0.6) is 0 Å². The van der Waals surface area contributed by atoms with E-state index in [4.69, 9.17) is 11.6 Å². The number of halogens is 1. The predicted octanol–water partition coefficient (Wildman–Crippen LogP) is 2.44. The van der Waals surface area contributed by atoms with Crippen LogP contribution < -0.4 is 5.32 Å². The highest BCUT2D eigenvalue weighted by molar-refractivity contribution is 6.30. The van der Waals surface area contributed by atoms with Gasteiger partial charge in [0.15, 0.2) is 0 Å². The Bertz CT molecular complexity index is 442. The summed E-state index contributed by atoms with van der Waals surface area (Å²) in [6.45, 7) is 0. The number of hydrogen-bond acceptors (Lipinski definition) is 3. The van der Waals surface area contributed by atoms with Crippen LogP contribution in [0.4, 0.5) is 0 Å². The Morgan fingerprint density at radius 2 is 1.81 bits per heavy atom. The molecule has 1 unspecified atom stereocenters. The van der Waals surface area contributed by atoms with Gasteiger partial charge in [-0.15, -0.1) is 0 Å². The van der Waals surface area contributed by atoms with Crippen LogP contribution in [-0.4, -0.2) is 17.2 Å². The SMILES string of the molecule is CNC(c1ccc(Cl)cc1)c1ccnnc1. The van der Waals surface area contributed by atoms with Crippen LogP contribution in [0.2, 0.25) is 5.02 Å². The van der Waals surface area contributed by atoms with Gasteiger partial charge in [-0.3, -0.25) is 0 Å². The Morgan fingerprint density at radius 3 is 2.38 bits per heavy atom. The van der Waals surface area contributed by atoms with E-state index in [1.165, 1.54) is 0 Å². The molecule has 0 aliphatic heterocycles. The summed E-state index contributed by atoms with van der Waals surface area (Å²) in [5, 5.41) is 11.6. The molecule has 1 atom stereocenters. The molecule has 3 nitrogen and oxygen atoms in total. The molecule has 1 aromatic heterocycles. The molecule has 2 aromatic rings. The summed E-state index contributed by atoms with van der Waals surface area (Å²) in [6, 6.07) is 9.84. The highest BCUT2D eigenvalue weighted by atomic mass is 35.5. The van der Waals surface area contributed by atoms with Gasteiger partial charge >= 0.3 is 0 Å². The standard InChI is InChI=1S/C12H12ClN3/c1-14-12(10-6-7-15-16-8-10)9-2-4-11(13)5-3-9/h2-8,12,14H,1H3. The minimum atomic E-state index is 0.118. The highest BCUT2D eigenvalue weighted by Crippen LogP contribution is 2.21. The van der Waals surface area contributed by atoms with Gasteiger partial charge in [0.25, 0.3) is 0 Å². The van der Waals surface area contributed by atoms with Crippen molar-refractivity contribution in [2.75, 3.05) is 7.05 Å².